The lowest BCUT2D eigenvalue weighted by atomic mass is 10.2. The van der Waals surface area contributed by atoms with Gasteiger partial charge in [0.1, 0.15) is 0 Å². The molecule has 2 rings (SSSR count). The number of aromatic nitrogens is 1. The third-order valence-electron chi connectivity index (χ3n) is 2.57. The lowest BCUT2D eigenvalue weighted by Gasteiger charge is -2.20. The van der Waals surface area contributed by atoms with E-state index >= 15 is 0 Å². The van der Waals surface area contributed by atoms with E-state index in [1.54, 1.807) is 12.4 Å². The SMILES string of the molecule is CN(Cc1ccncc1Cl)c1cccc(N)c1. The van der Waals surface area contributed by atoms with Crippen molar-refractivity contribution in [3.05, 3.63) is 53.3 Å². The minimum atomic E-state index is 0.684. The number of rotatable bonds is 3. The van der Waals surface area contributed by atoms with Gasteiger partial charge in [-0.05, 0) is 29.8 Å². The van der Waals surface area contributed by atoms with Gasteiger partial charge in [0.25, 0.3) is 0 Å². The quantitative estimate of drug-likeness (QED) is 0.848. The van der Waals surface area contributed by atoms with Crippen molar-refractivity contribution >= 4 is 23.0 Å². The highest BCUT2D eigenvalue weighted by molar-refractivity contribution is 6.31. The second kappa shape index (κ2) is 5.06. The topological polar surface area (TPSA) is 42.2 Å². The summed E-state index contributed by atoms with van der Waals surface area (Å²) in [6, 6.07) is 9.69. The molecule has 0 saturated heterocycles. The van der Waals surface area contributed by atoms with Gasteiger partial charge in [-0.3, -0.25) is 4.98 Å². The fourth-order valence-electron chi connectivity index (χ4n) is 1.64. The molecule has 1 aromatic carbocycles. The van der Waals surface area contributed by atoms with Crippen molar-refractivity contribution < 1.29 is 0 Å². The van der Waals surface area contributed by atoms with Crippen LogP contribution in [0.2, 0.25) is 5.02 Å². The summed E-state index contributed by atoms with van der Waals surface area (Å²) in [6.45, 7) is 0.727. The molecule has 0 amide bonds. The van der Waals surface area contributed by atoms with Gasteiger partial charge in [-0.25, -0.2) is 0 Å². The van der Waals surface area contributed by atoms with E-state index in [-0.39, 0.29) is 0 Å². The Hall–Kier alpha value is -1.74. The van der Waals surface area contributed by atoms with Crippen LogP contribution in [0.1, 0.15) is 5.56 Å². The maximum Gasteiger partial charge on any atom is 0.0639 e. The van der Waals surface area contributed by atoms with Gasteiger partial charge in [-0.2, -0.15) is 0 Å². The van der Waals surface area contributed by atoms with Crippen LogP contribution < -0.4 is 10.6 Å². The standard InChI is InChI=1S/C13H14ClN3/c1-17(12-4-2-3-11(15)7-12)9-10-5-6-16-8-13(10)14/h2-8H,9,15H2,1H3. The van der Waals surface area contributed by atoms with Crippen LogP contribution in [0.3, 0.4) is 0 Å². The zero-order valence-electron chi connectivity index (χ0n) is 9.60. The van der Waals surface area contributed by atoms with Crippen LogP contribution in [-0.4, -0.2) is 12.0 Å². The van der Waals surface area contributed by atoms with Gasteiger partial charge in [0.15, 0.2) is 0 Å². The Balaban J connectivity index is 2.17. The number of hydrogen-bond donors (Lipinski definition) is 1. The van der Waals surface area contributed by atoms with Crippen molar-refractivity contribution in [1.82, 2.24) is 4.98 Å². The fourth-order valence-corrected chi connectivity index (χ4v) is 1.82. The maximum absolute atomic E-state index is 6.07. The van der Waals surface area contributed by atoms with Gasteiger partial charge in [0.05, 0.1) is 5.02 Å². The number of benzene rings is 1. The molecule has 0 fully saturated rings. The van der Waals surface area contributed by atoms with Gasteiger partial charge in [-0.1, -0.05) is 17.7 Å². The number of nitrogens with two attached hydrogens (primary N) is 1. The molecule has 3 nitrogen and oxygen atoms in total. The molecule has 0 aliphatic rings. The Morgan fingerprint density at radius 1 is 1.35 bits per heavy atom. The predicted molar refractivity (Wildman–Crippen MR) is 72.2 cm³/mol. The van der Waals surface area contributed by atoms with E-state index < -0.39 is 0 Å². The highest BCUT2D eigenvalue weighted by atomic mass is 35.5. The highest BCUT2D eigenvalue weighted by Crippen LogP contribution is 2.21. The van der Waals surface area contributed by atoms with Crippen molar-refractivity contribution in [2.45, 2.75) is 6.54 Å². The maximum atomic E-state index is 6.07. The molecule has 0 saturated carbocycles. The summed E-state index contributed by atoms with van der Waals surface area (Å²) in [5.41, 5.74) is 8.63. The summed E-state index contributed by atoms with van der Waals surface area (Å²) < 4.78 is 0. The summed E-state index contributed by atoms with van der Waals surface area (Å²) in [5, 5.41) is 0.684. The number of halogens is 1. The predicted octanol–water partition coefficient (Wildman–Crippen LogP) is 2.95. The van der Waals surface area contributed by atoms with Crippen LogP contribution in [0.5, 0.6) is 0 Å². The molecule has 2 aromatic rings. The summed E-state index contributed by atoms with van der Waals surface area (Å²) in [5.74, 6) is 0. The molecule has 2 N–H and O–H groups in total. The van der Waals surface area contributed by atoms with Crippen molar-refractivity contribution in [1.29, 1.82) is 0 Å². The average molecular weight is 248 g/mol. The Kier molecular flexibility index (Phi) is 3.49. The molecule has 88 valence electrons. The van der Waals surface area contributed by atoms with Gasteiger partial charge >= 0.3 is 0 Å². The zero-order valence-corrected chi connectivity index (χ0v) is 10.4. The Morgan fingerprint density at radius 3 is 2.88 bits per heavy atom. The van der Waals surface area contributed by atoms with E-state index in [1.807, 2.05) is 37.4 Å². The first kappa shape index (κ1) is 11.7. The first-order chi connectivity index (χ1) is 8.16. The number of nitrogen functional groups attached to an aromatic ring is 1. The van der Waals surface area contributed by atoms with Gasteiger partial charge in [0, 0.05) is 37.4 Å². The van der Waals surface area contributed by atoms with Crippen LogP contribution >= 0.6 is 11.6 Å². The average Bonchev–Trinajstić information content (AvgIpc) is 2.32. The van der Waals surface area contributed by atoms with Crippen molar-refractivity contribution in [2.75, 3.05) is 17.7 Å². The third kappa shape index (κ3) is 2.88. The number of pyridine rings is 1. The van der Waals surface area contributed by atoms with E-state index in [2.05, 4.69) is 9.88 Å². The second-order valence-corrected chi connectivity index (χ2v) is 4.33. The van der Waals surface area contributed by atoms with E-state index in [0.717, 1.165) is 23.5 Å². The smallest absolute Gasteiger partial charge is 0.0639 e. The van der Waals surface area contributed by atoms with Crippen LogP contribution in [0, 0.1) is 0 Å². The summed E-state index contributed by atoms with van der Waals surface area (Å²) in [7, 11) is 2.01. The fraction of sp³-hybridized carbons (Fsp3) is 0.154. The monoisotopic (exact) mass is 247 g/mol. The minimum absolute atomic E-state index is 0.684. The molecule has 4 heteroatoms. The number of nitrogens with zero attached hydrogens (tertiary/aromatic N) is 2. The van der Waals surface area contributed by atoms with Crippen LogP contribution in [0.15, 0.2) is 42.7 Å². The molecular formula is C13H14ClN3. The molecule has 0 aliphatic heterocycles. The first-order valence-corrected chi connectivity index (χ1v) is 5.69. The third-order valence-corrected chi connectivity index (χ3v) is 2.92. The normalized spacial score (nSPS) is 10.2. The van der Waals surface area contributed by atoms with E-state index in [0.29, 0.717) is 5.02 Å². The molecule has 0 spiro atoms. The van der Waals surface area contributed by atoms with E-state index in [1.165, 1.54) is 0 Å². The van der Waals surface area contributed by atoms with Gasteiger partial charge < -0.3 is 10.6 Å². The molecule has 17 heavy (non-hydrogen) atoms. The zero-order chi connectivity index (χ0) is 12.3. The summed E-state index contributed by atoms with van der Waals surface area (Å²) >= 11 is 6.07. The van der Waals surface area contributed by atoms with E-state index in [4.69, 9.17) is 17.3 Å². The lowest BCUT2D eigenvalue weighted by molar-refractivity contribution is 0.920. The number of hydrogen-bond acceptors (Lipinski definition) is 3. The van der Waals surface area contributed by atoms with Crippen LogP contribution in [-0.2, 0) is 6.54 Å². The Morgan fingerprint density at radius 2 is 2.18 bits per heavy atom. The first-order valence-electron chi connectivity index (χ1n) is 5.32. The van der Waals surface area contributed by atoms with Crippen LogP contribution in [0.25, 0.3) is 0 Å². The molecule has 1 heterocycles. The largest absolute Gasteiger partial charge is 0.399 e. The summed E-state index contributed by atoms with van der Waals surface area (Å²) in [4.78, 5) is 6.06. The molecule has 0 bridgehead atoms. The van der Waals surface area contributed by atoms with E-state index in [9.17, 15) is 0 Å². The molecule has 0 radical (unpaired) electrons. The minimum Gasteiger partial charge on any atom is -0.399 e. The van der Waals surface area contributed by atoms with Crippen LogP contribution in [0.4, 0.5) is 11.4 Å². The Labute approximate surface area is 106 Å². The molecular weight excluding hydrogens is 234 g/mol. The second-order valence-electron chi connectivity index (χ2n) is 3.92. The number of anilines is 2. The Bertz CT molecular complexity index is 514. The molecule has 0 atom stereocenters. The summed E-state index contributed by atoms with van der Waals surface area (Å²) in [6.07, 6.45) is 3.40. The van der Waals surface area contributed by atoms with Gasteiger partial charge in [0.2, 0.25) is 0 Å². The molecule has 0 aliphatic carbocycles. The van der Waals surface area contributed by atoms with Crippen molar-refractivity contribution in [2.24, 2.45) is 0 Å². The highest BCUT2D eigenvalue weighted by Gasteiger charge is 2.05. The molecule has 1 aromatic heterocycles. The van der Waals surface area contributed by atoms with Crippen molar-refractivity contribution in [3.63, 3.8) is 0 Å². The molecule has 0 unspecified atom stereocenters. The lowest BCUT2D eigenvalue weighted by Crippen LogP contribution is -2.16. The van der Waals surface area contributed by atoms with Crippen molar-refractivity contribution in [3.8, 4) is 0 Å². The van der Waals surface area contributed by atoms with Gasteiger partial charge in [-0.15, -0.1) is 0 Å².